The summed E-state index contributed by atoms with van der Waals surface area (Å²) in [6.07, 6.45) is 0. The molecule has 2 aromatic rings. The van der Waals surface area contributed by atoms with E-state index >= 15 is 0 Å². The number of halogens is 2. The Kier molecular flexibility index (Phi) is 5.99. The number of rotatable bonds is 7. The summed E-state index contributed by atoms with van der Waals surface area (Å²) >= 11 is 6.06. The molecule has 0 amide bonds. The molecule has 0 saturated carbocycles. The maximum absolute atomic E-state index is 12.9. The van der Waals surface area contributed by atoms with Crippen molar-refractivity contribution in [2.45, 2.75) is 32.5 Å². The molecular formula is C18H21ClFNO2. The number of hydrogen-bond donors (Lipinski definition) is 2. The van der Waals surface area contributed by atoms with Crippen LogP contribution < -0.4 is 10.1 Å². The summed E-state index contributed by atoms with van der Waals surface area (Å²) in [6.45, 7) is 4.72. The van der Waals surface area contributed by atoms with Gasteiger partial charge >= 0.3 is 0 Å². The molecule has 0 aliphatic heterocycles. The van der Waals surface area contributed by atoms with Crippen LogP contribution in [0.25, 0.3) is 0 Å². The highest BCUT2D eigenvalue weighted by atomic mass is 35.5. The third kappa shape index (κ3) is 5.50. The van der Waals surface area contributed by atoms with E-state index in [2.05, 4.69) is 5.32 Å². The fourth-order valence-electron chi connectivity index (χ4n) is 1.96. The van der Waals surface area contributed by atoms with Gasteiger partial charge in [0.1, 0.15) is 18.2 Å². The predicted octanol–water partition coefficient (Wildman–Crippen LogP) is 3.92. The van der Waals surface area contributed by atoms with Crippen molar-refractivity contribution < 1.29 is 14.2 Å². The van der Waals surface area contributed by atoms with Crippen LogP contribution in [0.2, 0.25) is 5.02 Å². The van der Waals surface area contributed by atoms with Crippen molar-refractivity contribution >= 4 is 11.6 Å². The van der Waals surface area contributed by atoms with Gasteiger partial charge in [-0.3, -0.25) is 0 Å². The third-order valence-electron chi connectivity index (χ3n) is 3.48. The number of aliphatic hydroxyl groups excluding tert-OH is 1. The fraction of sp³-hybridized carbons (Fsp3) is 0.333. The van der Waals surface area contributed by atoms with E-state index in [1.54, 1.807) is 18.2 Å². The lowest BCUT2D eigenvalue weighted by atomic mass is 10.1. The van der Waals surface area contributed by atoms with Gasteiger partial charge in [0.05, 0.1) is 6.61 Å². The second-order valence-corrected chi connectivity index (χ2v) is 6.50. The molecule has 0 aromatic heterocycles. The fourth-order valence-corrected chi connectivity index (χ4v) is 2.15. The Morgan fingerprint density at radius 1 is 1.17 bits per heavy atom. The van der Waals surface area contributed by atoms with Crippen molar-refractivity contribution in [2.24, 2.45) is 0 Å². The molecule has 2 N–H and O–H groups in total. The van der Waals surface area contributed by atoms with E-state index < -0.39 is 5.54 Å². The van der Waals surface area contributed by atoms with Crippen molar-refractivity contribution in [1.29, 1.82) is 0 Å². The van der Waals surface area contributed by atoms with Crippen LogP contribution in [0.15, 0.2) is 42.5 Å². The lowest BCUT2D eigenvalue weighted by Crippen LogP contribution is -2.42. The molecule has 23 heavy (non-hydrogen) atoms. The molecule has 2 aromatic carbocycles. The van der Waals surface area contributed by atoms with Gasteiger partial charge in [0.25, 0.3) is 0 Å². The van der Waals surface area contributed by atoms with Crippen molar-refractivity contribution in [2.75, 3.05) is 6.61 Å². The van der Waals surface area contributed by atoms with Gasteiger partial charge in [-0.2, -0.15) is 0 Å². The molecule has 0 saturated heterocycles. The number of ether oxygens (including phenoxy) is 1. The van der Waals surface area contributed by atoms with E-state index in [0.29, 0.717) is 23.9 Å². The number of aliphatic hydroxyl groups is 1. The molecule has 0 atom stereocenters. The van der Waals surface area contributed by atoms with Gasteiger partial charge in [0.2, 0.25) is 0 Å². The van der Waals surface area contributed by atoms with E-state index in [1.165, 1.54) is 12.1 Å². The van der Waals surface area contributed by atoms with Crippen LogP contribution in [0.3, 0.4) is 0 Å². The maximum Gasteiger partial charge on any atom is 0.124 e. The summed E-state index contributed by atoms with van der Waals surface area (Å²) in [7, 11) is 0. The second kappa shape index (κ2) is 7.77. The van der Waals surface area contributed by atoms with E-state index in [4.69, 9.17) is 16.3 Å². The molecule has 2 rings (SSSR count). The lowest BCUT2D eigenvalue weighted by molar-refractivity contribution is 0.186. The summed E-state index contributed by atoms with van der Waals surface area (Å²) in [5.41, 5.74) is 1.40. The van der Waals surface area contributed by atoms with Gasteiger partial charge in [-0.25, -0.2) is 4.39 Å². The Labute approximate surface area is 141 Å². The molecule has 0 spiro atoms. The maximum atomic E-state index is 12.9. The summed E-state index contributed by atoms with van der Waals surface area (Å²) in [5.74, 6) is 0.441. The average Bonchev–Trinajstić information content (AvgIpc) is 2.53. The summed E-state index contributed by atoms with van der Waals surface area (Å²) in [6, 6.07) is 11.6. The van der Waals surface area contributed by atoms with Crippen LogP contribution in [0, 0.1) is 5.82 Å². The van der Waals surface area contributed by atoms with E-state index in [1.807, 2.05) is 26.0 Å². The zero-order valence-electron chi connectivity index (χ0n) is 13.3. The first kappa shape index (κ1) is 17.7. The van der Waals surface area contributed by atoms with Gasteiger partial charge in [-0.05, 0) is 49.7 Å². The highest BCUT2D eigenvalue weighted by molar-refractivity contribution is 6.30. The number of hydrogen-bond acceptors (Lipinski definition) is 3. The Balaban J connectivity index is 2.07. The minimum Gasteiger partial charge on any atom is -0.489 e. The van der Waals surface area contributed by atoms with E-state index in [9.17, 15) is 9.50 Å². The first-order valence-corrected chi connectivity index (χ1v) is 7.79. The van der Waals surface area contributed by atoms with E-state index in [0.717, 1.165) is 11.1 Å². The normalized spacial score (nSPS) is 11.5. The SMILES string of the molecule is CC(C)(CO)NCc1cc(Cl)ccc1OCc1ccc(F)cc1. The van der Waals surface area contributed by atoms with Gasteiger partial charge in [-0.15, -0.1) is 0 Å². The minimum absolute atomic E-state index is 0.0271. The summed E-state index contributed by atoms with van der Waals surface area (Å²) < 4.78 is 18.8. The van der Waals surface area contributed by atoms with Crippen molar-refractivity contribution in [3.05, 3.63) is 64.4 Å². The predicted molar refractivity (Wildman–Crippen MR) is 90.2 cm³/mol. The van der Waals surface area contributed by atoms with Crippen LogP contribution in [0.5, 0.6) is 5.75 Å². The Bertz CT molecular complexity index is 644. The molecule has 0 radical (unpaired) electrons. The molecular weight excluding hydrogens is 317 g/mol. The first-order chi connectivity index (χ1) is 10.9. The van der Waals surface area contributed by atoms with Crippen LogP contribution in [0.1, 0.15) is 25.0 Å². The highest BCUT2D eigenvalue weighted by Crippen LogP contribution is 2.24. The Morgan fingerprint density at radius 3 is 2.52 bits per heavy atom. The summed E-state index contributed by atoms with van der Waals surface area (Å²) in [5, 5.41) is 13.2. The average molecular weight is 338 g/mol. The monoisotopic (exact) mass is 337 g/mol. The van der Waals surface area contributed by atoms with Crippen LogP contribution in [-0.4, -0.2) is 17.3 Å². The summed E-state index contributed by atoms with van der Waals surface area (Å²) in [4.78, 5) is 0. The van der Waals surface area contributed by atoms with Gasteiger partial charge in [-0.1, -0.05) is 23.7 Å². The van der Waals surface area contributed by atoms with Crippen molar-refractivity contribution in [3.63, 3.8) is 0 Å². The Hall–Kier alpha value is -1.62. The minimum atomic E-state index is -0.392. The second-order valence-electron chi connectivity index (χ2n) is 6.06. The van der Waals surface area contributed by atoms with Crippen LogP contribution in [0.4, 0.5) is 4.39 Å². The molecule has 5 heteroatoms. The molecule has 0 aliphatic rings. The van der Waals surface area contributed by atoms with Crippen molar-refractivity contribution in [3.8, 4) is 5.75 Å². The highest BCUT2D eigenvalue weighted by Gasteiger charge is 2.16. The van der Waals surface area contributed by atoms with E-state index in [-0.39, 0.29) is 12.4 Å². The quantitative estimate of drug-likeness (QED) is 0.804. The zero-order chi connectivity index (χ0) is 16.9. The lowest BCUT2D eigenvalue weighted by Gasteiger charge is -2.24. The van der Waals surface area contributed by atoms with Gasteiger partial charge in [0.15, 0.2) is 0 Å². The molecule has 3 nitrogen and oxygen atoms in total. The molecule has 0 unspecified atom stereocenters. The smallest absolute Gasteiger partial charge is 0.124 e. The molecule has 0 bridgehead atoms. The van der Waals surface area contributed by atoms with Gasteiger partial charge < -0.3 is 15.2 Å². The van der Waals surface area contributed by atoms with Crippen LogP contribution in [-0.2, 0) is 13.2 Å². The molecule has 0 heterocycles. The molecule has 124 valence electrons. The van der Waals surface area contributed by atoms with Crippen molar-refractivity contribution in [1.82, 2.24) is 5.32 Å². The first-order valence-electron chi connectivity index (χ1n) is 7.41. The molecule has 0 aliphatic carbocycles. The largest absolute Gasteiger partial charge is 0.489 e. The van der Waals surface area contributed by atoms with Crippen LogP contribution >= 0.6 is 11.6 Å². The number of nitrogens with one attached hydrogen (secondary N) is 1. The molecule has 0 fully saturated rings. The van der Waals surface area contributed by atoms with Gasteiger partial charge in [0, 0.05) is 22.7 Å². The standard InChI is InChI=1S/C18H21ClFNO2/c1-18(2,12-22)21-10-14-9-15(19)5-8-17(14)23-11-13-3-6-16(20)7-4-13/h3-9,21-22H,10-12H2,1-2H3. The topological polar surface area (TPSA) is 41.5 Å². The third-order valence-corrected chi connectivity index (χ3v) is 3.72. The number of benzene rings is 2. The Morgan fingerprint density at radius 2 is 1.87 bits per heavy atom. The zero-order valence-corrected chi connectivity index (χ0v) is 14.0.